The number of para-hydroxylation sites is 5. The van der Waals surface area contributed by atoms with Gasteiger partial charge in [-0.2, -0.15) is 0 Å². The van der Waals surface area contributed by atoms with Gasteiger partial charge in [-0.3, -0.25) is 15.0 Å². The van der Waals surface area contributed by atoms with Gasteiger partial charge in [0.2, 0.25) is 0 Å². The van der Waals surface area contributed by atoms with Gasteiger partial charge in [-0.05, 0) is 110 Å². The Kier molecular flexibility index (Phi) is 14.3. The minimum atomic E-state index is -2.15. The number of anilines is 5. The fourth-order valence-electron chi connectivity index (χ4n) is 14.7. The van der Waals surface area contributed by atoms with Crippen LogP contribution in [0.3, 0.4) is 0 Å². The summed E-state index contributed by atoms with van der Waals surface area (Å²) in [5.74, 6) is 0. The Balaban J connectivity index is 0.000000143. The zero-order valence-electron chi connectivity index (χ0n) is 55.6. The SMILES string of the molecule is CB1C(C(C)(C)C)=c2ccccc2=C(C)N1N1c2ccccc2N(C)[C@@H]1C.CB1C(C(C)(C)C)=c2ccccc2=C(C)N1N1c2ccccc2N(c2ccccc2)[C@@H]1C.[2H]C([2H])([2H])N1C=CN(N2B(C)C(C(C)(C)C)=c3ccccc3=C2C)[C@H]1C. The molecule has 6 aromatic carbocycles. The summed E-state index contributed by atoms with van der Waals surface area (Å²) < 4.78 is 23.3. The molecule has 6 aliphatic rings. The van der Waals surface area contributed by atoms with Crippen molar-refractivity contribution in [2.45, 2.75) is 143 Å². The van der Waals surface area contributed by atoms with Crippen LogP contribution < -0.4 is 51.1 Å². The number of hydrogen-bond acceptors (Lipinski definition) is 9. The predicted molar refractivity (Wildman–Crippen MR) is 355 cm³/mol. The molecule has 6 aromatic rings. The van der Waals surface area contributed by atoms with E-state index in [2.05, 4.69) is 311 Å². The van der Waals surface area contributed by atoms with Crippen LogP contribution in [0.25, 0.3) is 33.5 Å². The highest BCUT2D eigenvalue weighted by Crippen LogP contribution is 2.47. The van der Waals surface area contributed by atoms with Crippen LogP contribution >= 0.6 is 0 Å². The molecule has 82 heavy (non-hydrogen) atoms. The molecule has 6 aliphatic heterocycles. The molecule has 0 fully saturated rings. The largest absolute Gasteiger partial charge is 0.358 e. The first kappa shape index (κ1) is 54.0. The Morgan fingerprint density at radius 1 is 0.390 bits per heavy atom. The smallest absolute Gasteiger partial charge is 0.307 e. The van der Waals surface area contributed by atoms with Crippen molar-refractivity contribution in [2.75, 3.05) is 33.8 Å². The van der Waals surface area contributed by atoms with Crippen molar-refractivity contribution in [1.29, 1.82) is 0 Å². The van der Waals surface area contributed by atoms with Gasteiger partial charge in [-0.15, -0.1) is 0 Å². The van der Waals surface area contributed by atoms with E-state index in [1.807, 2.05) is 18.1 Å². The highest BCUT2D eigenvalue weighted by molar-refractivity contribution is 6.76. The Hall–Kier alpha value is -7.33. The van der Waals surface area contributed by atoms with Crippen LogP contribution in [-0.4, -0.2) is 77.7 Å². The van der Waals surface area contributed by atoms with Crippen LogP contribution in [0.4, 0.5) is 28.4 Å². The average molecular weight is 1090 g/mol. The fraction of sp³-hybridized carbons (Fsp3) is 0.371. The van der Waals surface area contributed by atoms with Crippen LogP contribution in [0.15, 0.2) is 164 Å². The fourth-order valence-corrected chi connectivity index (χ4v) is 14.7. The number of fused-ring (bicyclic) bond motifs is 5. The average Bonchev–Trinajstić information content (AvgIpc) is 1.80. The number of nitrogens with zero attached hydrogens (tertiary/aromatic N) is 9. The highest BCUT2D eigenvalue weighted by Gasteiger charge is 2.46. The van der Waals surface area contributed by atoms with Gasteiger partial charge < -0.3 is 29.5 Å². The summed E-state index contributed by atoms with van der Waals surface area (Å²) in [7, 11) is 2.19. The zero-order valence-corrected chi connectivity index (χ0v) is 52.6. The maximum Gasteiger partial charge on any atom is 0.307 e. The van der Waals surface area contributed by atoms with E-state index < -0.39 is 6.98 Å². The van der Waals surface area contributed by atoms with Crippen LogP contribution in [0.1, 0.15) is 108 Å². The third-order valence-electron chi connectivity index (χ3n) is 18.1. The summed E-state index contributed by atoms with van der Waals surface area (Å²) >= 11 is 0. The summed E-state index contributed by atoms with van der Waals surface area (Å²) in [5, 5.41) is 15.0. The second kappa shape index (κ2) is 21.8. The molecule has 0 radical (unpaired) electrons. The van der Waals surface area contributed by atoms with Gasteiger partial charge in [0, 0.05) is 69.0 Å². The minimum absolute atomic E-state index is 0.00482. The van der Waals surface area contributed by atoms with Crippen molar-refractivity contribution in [1.82, 2.24) is 24.7 Å². The number of hydrogen-bond donors (Lipinski definition) is 0. The summed E-state index contributed by atoms with van der Waals surface area (Å²) in [6.45, 7) is 39.4. The second-order valence-corrected chi connectivity index (χ2v) is 26.4. The zero-order chi connectivity index (χ0) is 61.6. The van der Waals surface area contributed by atoms with Crippen molar-refractivity contribution < 1.29 is 4.11 Å². The number of benzene rings is 6. The maximum absolute atomic E-state index is 7.77. The first-order valence-corrected chi connectivity index (χ1v) is 29.9. The molecule has 0 saturated heterocycles. The molecule has 424 valence electrons. The summed E-state index contributed by atoms with van der Waals surface area (Å²) in [4.78, 5) is 13.6. The standard InChI is InChI=1S/C28H32BN3.C23H30BN3.C19H28BN3/c1-20-23-16-10-11-17-24(23)27(28(3,4)5)29(6)32(20)31-21(2)30(22-14-8-7-9-15-22)25-18-12-13-19-26(25)31;1-16-18-12-8-9-13-19(18)22(23(3,4)5)24(6)27(16)26-17(2)25(7)20-14-10-11-15-21(20)26;1-14-16-10-8-9-11-17(16)18(19(3,4)5)20(6)23(14)22-13-12-21(7)15(22)2/h7-19,21H,1-6H3;8-15,17H,1-7H3;8-13,15H,1-7H3/t21-;17-;15-/m000/s1/i;;7D3. The molecule has 0 aliphatic carbocycles. The van der Waals surface area contributed by atoms with Gasteiger partial charge in [0.15, 0.2) is 0 Å². The molecule has 0 amide bonds. The van der Waals surface area contributed by atoms with Crippen LogP contribution in [0, 0.1) is 16.2 Å². The third-order valence-corrected chi connectivity index (χ3v) is 18.1. The first-order chi connectivity index (χ1) is 40.0. The highest BCUT2D eigenvalue weighted by atomic mass is 15.7. The molecule has 12 heteroatoms. The third kappa shape index (κ3) is 9.85. The molecule has 0 spiro atoms. The van der Waals surface area contributed by atoms with E-state index in [-0.39, 0.29) is 48.4 Å². The van der Waals surface area contributed by atoms with Crippen molar-refractivity contribution in [3.8, 4) is 0 Å². The van der Waals surface area contributed by atoms with E-state index in [0.29, 0.717) is 6.85 Å². The number of rotatable bonds is 4. The lowest BCUT2D eigenvalue weighted by Gasteiger charge is -2.47. The van der Waals surface area contributed by atoms with Gasteiger partial charge in [-0.25, -0.2) is 0 Å². The van der Waals surface area contributed by atoms with Gasteiger partial charge >= 0.3 is 20.5 Å². The molecule has 3 atom stereocenters. The van der Waals surface area contributed by atoms with Gasteiger partial charge in [-0.1, -0.05) is 214 Å². The van der Waals surface area contributed by atoms with Crippen molar-refractivity contribution >= 4 is 82.5 Å². The maximum atomic E-state index is 7.77. The van der Waals surface area contributed by atoms with Crippen molar-refractivity contribution in [3.05, 3.63) is 195 Å². The Labute approximate surface area is 497 Å². The van der Waals surface area contributed by atoms with E-state index >= 15 is 0 Å². The minimum Gasteiger partial charge on any atom is -0.358 e. The molecule has 0 bridgehead atoms. The Morgan fingerprint density at radius 3 is 1.15 bits per heavy atom. The molecule has 9 nitrogen and oxygen atoms in total. The van der Waals surface area contributed by atoms with Crippen LogP contribution in [0.2, 0.25) is 20.5 Å². The first-order valence-electron chi connectivity index (χ1n) is 31.4. The molecule has 12 rings (SSSR count). The van der Waals surface area contributed by atoms with E-state index in [1.165, 1.54) is 92.5 Å². The normalized spacial score (nSPS) is 20.3. The van der Waals surface area contributed by atoms with Gasteiger partial charge in [0.25, 0.3) is 0 Å². The number of hydrazine groups is 3. The lowest BCUT2D eigenvalue weighted by molar-refractivity contribution is 0.0789. The molecule has 0 saturated carbocycles. The predicted octanol–water partition coefficient (Wildman–Crippen LogP) is 11.6. The van der Waals surface area contributed by atoms with E-state index in [9.17, 15) is 0 Å². The van der Waals surface area contributed by atoms with Crippen LogP contribution in [-0.2, 0) is 0 Å². The van der Waals surface area contributed by atoms with E-state index in [0.717, 1.165) is 5.70 Å². The summed E-state index contributed by atoms with van der Waals surface area (Å²) in [5.41, 5.74) is 14.6. The molecular formula is C70H90B3N9. The molecule has 0 unspecified atom stereocenters. The molecular weight excluding hydrogens is 999 g/mol. The lowest BCUT2D eigenvalue weighted by atomic mass is 9.48. The second-order valence-electron chi connectivity index (χ2n) is 26.4. The van der Waals surface area contributed by atoms with Crippen molar-refractivity contribution in [2.24, 2.45) is 16.2 Å². The topological polar surface area (TPSA) is 29.2 Å². The van der Waals surface area contributed by atoms with E-state index in [1.54, 1.807) is 6.20 Å². The molecule has 0 N–H and O–H groups in total. The van der Waals surface area contributed by atoms with Gasteiger partial charge in [0.1, 0.15) is 18.5 Å². The van der Waals surface area contributed by atoms with Gasteiger partial charge in [0.05, 0.1) is 22.7 Å². The quantitative estimate of drug-likeness (QED) is 0.160. The Bertz CT molecular complexity index is 3940. The van der Waals surface area contributed by atoms with E-state index in [4.69, 9.17) is 4.11 Å². The molecule has 0 aromatic heterocycles. The lowest BCUT2D eigenvalue weighted by Crippen LogP contribution is -2.61. The summed E-state index contributed by atoms with van der Waals surface area (Å²) in [6, 6.07) is 54.6. The van der Waals surface area contributed by atoms with Crippen molar-refractivity contribution in [3.63, 3.8) is 0 Å². The summed E-state index contributed by atoms with van der Waals surface area (Å²) in [6.07, 6.45) is 3.71. The van der Waals surface area contributed by atoms with Crippen LogP contribution in [0.5, 0.6) is 0 Å². The Morgan fingerprint density at radius 2 is 0.732 bits per heavy atom. The monoisotopic (exact) mass is 1090 g/mol. The molecule has 6 heterocycles.